The number of carbonyl (C=O) groups excluding carboxylic acids is 2. The second kappa shape index (κ2) is 6.58. The normalized spacial score (nSPS) is 11.7. The second-order valence-corrected chi connectivity index (χ2v) is 4.00. The topological polar surface area (TPSA) is 97.1 Å². The summed E-state index contributed by atoms with van der Waals surface area (Å²) in [4.78, 5) is 26.7. The molecule has 0 aliphatic carbocycles. The van der Waals surface area contributed by atoms with Gasteiger partial charge in [0.05, 0.1) is 11.3 Å². The Morgan fingerprint density at radius 3 is 2.83 bits per heavy atom. The van der Waals surface area contributed by atoms with Crippen LogP contribution in [0.2, 0.25) is 0 Å². The van der Waals surface area contributed by atoms with Crippen LogP contribution < -0.4 is 16.4 Å². The van der Waals surface area contributed by atoms with Gasteiger partial charge in [-0.1, -0.05) is 0 Å². The van der Waals surface area contributed by atoms with Crippen LogP contribution in [0.4, 0.5) is 5.69 Å². The largest absolute Gasteiger partial charge is 0.385 e. The van der Waals surface area contributed by atoms with Crippen LogP contribution in [0.1, 0.15) is 30.6 Å². The molecule has 0 aromatic carbocycles. The summed E-state index contributed by atoms with van der Waals surface area (Å²) in [6.45, 7) is 4.38. The average molecular weight is 250 g/mol. The molecule has 98 valence electrons. The third-order valence-electron chi connectivity index (χ3n) is 2.32. The zero-order chi connectivity index (χ0) is 13.5. The maximum atomic E-state index is 12.0. The number of pyridine rings is 1. The Bertz CT molecular complexity index is 434. The lowest BCUT2D eigenvalue weighted by Gasteiger charge is -2.14. The first-order valence-corrected chi connectivity index (χ1v) is 5.81. The molecule has 0 fully saturated rings. The summed E-state index contributed by atoms with van der Waals surface area (Å²) in [6.07, 6.45) is 3.22. The van der Waals surface area contributed by atoms with E-state index >= 15 is 0 Å². The molecule has 1 atom stereocenters. The molecule has 1 aromatic rings. The summed E-state index contributed by atoms with van der Waals surface area (Å²) < 4.78 is 0. The number of amides is 2. The molecule has 1 heterocycles. The number of rotatable bonds is 6. The summed E-state index contributed by atoms with van der Waals surface area (Å²) in [5.74, 6) is -0.714. The number of carbonyl (C=O) groups is 2. The minimum atomic E-state index is -0.444. The molecule has 6 heteroatoms. The van der Waals surface area contributed by atoms with Crippen molar-refractivity contribution in [2.24, 2.45) is 5.73 Å². The van der Waals surface area contributed by atoms with Crippen molar-refractivity contribution in [2.75, 3.05) is 11.9 Å². The molecule has 1 aromatic heterocycles. The highest BCUT2D eigenvalue weighted by Gasteiger charge is 2.14. The third kappa shape index (κ3) is 4.04. The molecule has 0 aliphatic rings. The number of aromatic nitrogens is 1. The molecule has 2 amide bonds. The van der Waals surface area contributed by atoms with Gasteiger partial charge in [0.2, 0.25) is 5.91 Å². The van der Waals surface area contributed by atoms with Crippen molar-refractivity contribution in [3.05, 3.63) is 24.0 Å². The first kappa shape index (κ1) is 14.0. The Morgan fingerprint density at radius 2 is 2.22 bits per heavy atom. The van der Waals surface area contributed by atoms with E-state index in [1.54, 1.807) is 19.2 Å². The number of nitrogens with one attached hydrogen (secondary N) is 2. The lowest BCUT2D eigenvalue weighted by atomic mass is 10.2. The fourth-order valence-corrected chi connectivity index (χ4v) is 1.57. The van der Waals surface area contributed by atoms with Gasteiger partial charge in [0.15, 0.2) is 0 Å². The van der Waals surface area contributed by atoms with Crippen molar-refractivity contribution in [1.82, 2.24) is 10.3 Å². The van der Waals surface area contributed by atoms with Crippen molar-refractivity contribution < 1.29 is 9.59 Å². The predicted octanol–water partition coefficient (Wildman–Crippen LogP) is 0.507. The predicted molar refractivity (Wildman–Crippen MR) is 69.1 cm³/mol. The fourth-order valence-electron chi connectivity index (χ4n) is 1.57. The average Bonchev–Trinajstić information content (AvgIpc) is 2.28. The Kier molecular flexibility index (Phi) is 5.10. The number of primary amides is 1. The lowest BCUT2D eigenvalue weighted by Crippen LogP contribution is -2.36. The van der Waals surface area contributed by atoms with Crippen LogP contribution in [0.25, 0.3) is 0 Å². The van der Waals surface area contributed by atoms with E-state index in [1.807, 2.05) is 6.92 Å². The highest BCUT2D eigenvalue weighted by Crippen LogP contribution is 2.13. The Morgan fingerprint density at radius 1 is 1.50 bits per heavy atom. The summed E-state index contributed by atoms with van der Waals surface area (Å²) in [7, 11) is 0. The van der Waals surface area contributed by atoms with Gasteiger partial charge >= 0.3 is 0 Å². The van der Waals surface area contributed by atoms with E-state index < -0.39 is 5.91 Å². The molecule has 18 heavy (non-hydrogen) atoms. The SMILES string of the molecule is CCNc1ccncc1C(=O)NC(C)CC(N)=O. The monoisotopic (exact) mass is 250 g/mol. The van der Waals surface area contributed by atoms with E-state index in [2.05, 4.69) is 15.6 Å². The van der Waals surface area contributed by atoms with E-state index in [4.69, 9.17) is 5.73 Å². The number of hydrogen-bond donors (Lipinski definition) is 3. The van der Waals surface area contributed by atoms with E-state index in [-0.39, 0.29) is 18.4 Å². The van der Waals surface area contributed by atoms with Crippen LogP contribution in [-0.2, 0) is 4.79 Å². The first-order valence-electron chi connectivity index (χ1n) is 5.81. The van der Waals surface area contributed by atoms with Crippen LogP contribution in [0.15, 0.2) is 18.5 Å². The number of anilines is 1. The van der Waals surface area contributed by atoms with Gasteiger partial charge < -0.3 is 16.4 Å². The number of nitrogens with zero attached hydrogens (tertiary/aromatic N) is 1. The van der Waals surface area contributed by atoms with Crippen molar-refractivity contribution in [1.29, 1.82) is 0 Å². The van der Waals surface area contributed by atoms with Crippen LogP contribution in [0, 0.1) is 0 Å². The van der Waals surface area contributed by atoms with Gasteiger partial charge in [-0.25, -0.2) is 0 Å². The highest BCUT2D eigenvalue weighted by molar-refractivity contribution is 5.99. The summed E-state index contributed by atoms with van der Waals surface area (Å²) >= 11 is 0. The molecule has 1 unspecified atom stereocenters. The van der Waals surface area contributed by atoms with Crippen molar-refractivity contribution >= 4 is 17.5 Å². The van der Waals surface area contributed by atoms with Crippen molar-refractivity contribution in [3.63, 3.8) is 0 Å². The molecule has 0 bridgehead atoms. The maximum absolute atomic E-state index is 12.0. The quantitative estimate of drug-likeness (QED) is 0.685. The van der Waals surface area contributed by atoms with Gasteiger partial charge in [0, 0.05) is 31.4 Å². The minimum absolute atomic E-state index is 0.114. The van der Waals surface area contributed by atoms with Gasteiger partial charge in [0.25, 0.3) is 5.91 Å². The lowest BCUT2D eigenvalue weighted by molar-refractivity contribution is -0.118. The van der Waals surface area contributed by atoms with Crippen LogP contribution in [0.3, 0.4) is 0 Å². The van der Waals surface area contributed by atoms with E-state index in [0.29, 0.717) is 12.1 Å². The van der Waals surface area contributed by atoms with E-state index in [0.717, 1.165) is 5.69 Å². The molecular weight excluding hydrogens is 232 g/mol. The molecule has 0 saturated carbocycles. The fraction of sp³-hybridized carbons (Fsp3) is 0.417. The summed E-state index contributed by atoms with van der Waals surface area (Å²) in [5, 5.41) is 5.79. The molecule has 1 rings (SSSR count). The third-order valence-corrected chi connectivity index (χ3v) is 2.32. The van der Waals surface area contributed by atoms with Crippen molar-refractivity contribution in [3.8, 4) is 0 Å². The summed E-state index contributed by atoms with van der Waals surface area (Å²) in [5.41, 5.74) is 6.24. The van der Waals surface area contributed by atoms with Gasteiger partial charge in [-0.3, -0.25) is 14.6 Å². The van der Waals surface area contributed by atoms with Gasteiger partial charge in [-0.2, -0.15) is 0 Å². The molecule has 6 nitrogen and oxygen atoms in total. The van der Waals surface area contributed by atoms with Gasteiger partial charge in [0.1, 0.15) is 0 Å². The molecule has 0 aliphatic heterocycles. The Balaban J connectivity index is 2.74. The standard InChI is InChI=1S/C12H18N4O2/c1-3-15-10-4-5-14-7-9(10)12(18)16-8(2)6-11(13)17/h4-5,7-8H,3,6H2,1-2H3,(H2,13,17)(H,14,15)(H,16,18). The van der Waals surface area contributed by atoms with E-state index in [9.17, 15) is 9.59 Å². The highest BCUT2D eigenvalue weighted by atomic mass is 16.2. The molecule has 0 spiro atoms. The molecule has 4 N–H and O–H groups in total. The molecule has 0 saturated heterocycles. The smallest absolute Gasteiger partial charge is 0.255 e. The van der Waals surface area contributed by atoms with Crippen LogP contribution in [-0.4, -0.2) is 29.4 Å². The summed E-state index contributed by atoms with van der Waals surface area (Å²) in [6, 6.07) is 1.43. The zero-order valence-electron chi connectivity index (χ0n) is 10.6. The second-order valence-electron chi connectivity index (χ2n) is 4.00. The zero-order valence-corrected chi connectivity index (χ0v) is 10.6. The van der Waals surface area contributed by atoms with Crippen LogP contribution >= 0.6 is 0 Å². The number of nitrogens with two attached hydrogens (primary N) is 1. The Labute approximate surface area is 106 Å². The van der Waals surface area contributed by atoms with Crippen molar-refractivity contribution in [2.45, 2.75) is 26.3 Å². The molecule has 0 radical (unpaired) electrons. The van der Waals surface area contributed by atoms with Crippen LogP contribution in [0.5, 0.6) is 0 Å². The first-order chi connectivity index (χ1) is 8.54. The van der Waals surface area contributed by atoms with E-state index in [1.165, 1.54) is 6.20 Å². The molecular formula is C12H18N4O2. The minimum Gasteiger partial charge on any atom is -0.385 e. The van der Waals surface area contributed by atoms with Gasteiger partial charge in [-0.05, 0) is 19.9 Å². The Hall–Kier alpha value is -2.11. The maximum Gasteiger partial charge on any atom is 0.255 e. The van der Waals surface area contributed by atoms with Gasteiger partial charge in [-0.15, -0.1) is 0 Å². The number of hydrogen-bond acceptors (Lipinski definition) is 4.